The molecule has 0 radical (unpaired) electrons. The van der Waals surface area contributed by atoms with E-state index in [2.05, 4.69) is 0 Å². The molecule has 0 atom stereocenters. The lowest BCUT2D eigenvalue weighted by atomic mass is 10.0. The molecule has 244 valence electrons. The number of alkyl halides is 6. The van der Waals surface area contributed by atoms with Crippen molar-refractivity contribution in [2.24, 2.45) is 0 Å². The molecule has 16 nitrogen and oxygen atoms in total. The second kappa shape index (κ2) is 11.7. The van der Waals surface area contributed by atoms with Crippen LogP contribution in [0.15, 0.2) is 54.6 Å². The van der Waals surface area contributed by atoms with Gasteiger partial charge in [0.05, 0.1) is 30.8 Å². The minimum Gasteiger partial charge on any atom is -0.477 e. The molecule has 4 aromatic carbocycles. The molecule has 22 heteroatoms. The van der Waals surface area contributed by atoms with E-state index in [1.807, 2.05) is 0 Å². The average Bonchev–Trinajstić information content (AvgIpc) is 2.95. The number of rotatable bonds is 9. The Bertz CT molecular complexity index is 1960. The zero-order valence-electron chi connectivity index (χ0n) is 22.2. The van der Waals surface area contributed by atoms with Crippen LogP contribution in [0, 0.1) is 40.5 Å². The van der Waals surface area contributed by atoms with E-state index in [0.29, 0.717) is 0 Å². The highest BCUT2D eigenvalue weighted by atomic mass is 19.4. The molecule has 0 fully saturated rings. The van der Waals surface area contributed by atoms with Crippen molar-refractivity contribution in [2.75, 3.05) is 0 Å². The Labute approximate surface area is 252 Å². The molecule has 0 amide bonds. The molecular formula is C25H10F6N4O12. The van der Waals surface area contributed by atoms with Gasteiger partial charge in [-0.2, -0.15) is 26.3 Å². The molecule has 0 heterocycles. The summed E-state index contributed by atoms with van der Waals surface area (Å²) >= 11 is 0. The fraction of sp³-hybridized carbons (Fsp3) is 0.0800. The van der Waals surface area contributed by atoms with Crippen LogP contribution < -0.4 is 9.47 Å². The fourth-order valence-electron chi connectivity index (χ4n) is 4.17. The maximum Gasteiger partial charge on any atom is 0.416 e. The zero-order chi connectivity index (χ0) is 35.2. The summed E-state index contributed by atoms with van der Waals surface area (Å²) < 4.78 is 90.8. The Morgan fingerprint density at radius 1 is 0.617 bits per heavy atom. The van der Waals surface area contributed by atoms with Gasteiger partial charge in [0.2, 0.25) is 0 Å². The van der Waals surface area contributed by atoms with Crippen molar-refractivity contribution in [3.05, 3.63) is 112 Å². The van der Waals surface area contributed by atoms with E-state index in [9.17, 15) is 76.7 Å². The van der Waals surface area contributed by atoms with Crippen molar-refractivity contribution in [1.29, 1.82) is 0 Å². The van der Waals surface area contributed by atoms with Crippen molar-refractivity contribution >= 4 is 39.5 Å². The van der Waals surface area contributed by atoms with E-state index in [1.54, 1.807) is 0 Å². The number of carboxylic acids is 1. The van der Waals surface area contributed by atoms with Gasteiger partial charge in [-0.25, -0.2) is 4.79 Å². The number of hydrogen-bond donors (Lipinski definition) is 1. The van der Waals surface area contributed by atoms with Gasteiger partial charge in [0, 0.05) is 29.7 Å². The van der Waals surface area contributed by atoms with Crippen LogP contribution in [0.1, 0.15) is 21.5 Å². The molecule has 0 spiro atoms. The van der Waals surface area contributed by atoms with E-state index < -0.39 is 100 Å². The molecule has 4 aromatic rings. The van der Waals surface area contributed by atoms with Gasteiger partial charge < -0.3 is 14.6 Å². The summed E-state index contributed by atoms with van der Waals surface area (Å²) in [6.07, 6.45) is -10.7. The highest BCUT2D eigenvalue weighted by molar-refractivity contribution is 6.04. The summed E-state index contributed by atoms with van der Waals surface area (Å²) in [4.78, 5) is 53.4. The van der Waals surface area contributed by atoms with Gasteiger partial charge in [0.15, 0.2) is 5.75 Å². The highest BCUT2D eigenvalue weighted by Gasteiger charge is 2.41. The summed E-state index contributed by atoms with van der Waals surface area (Å²) in [7, 11) is 0. The van der Waals surface area contributed by atoms with E-state index in [-0.39, 0.29) is 35.0 Å². The number of hydrogen-bond acceptors (Lipinski definition) is 11. The molecule has 0 unspecified atom stereocenters. The largest absolute Gasteiger partial charge is 0.477 e. The molecule has 47 heavy (non-hydrogen) atoms. The standard InChI is InChI=1S/C25H10F6N4O12/c26-24(27,28)11-6-14(32(38)39)21(15(7-11)33(40)41)46-18-5-10-3-1-2-4-13(10)20(19(18)23(36)37)47-22-16(34(42)43)8-12(25(29,30)31)9-17(22)35(44)45/h1-9H,(H,36,37). The predicted molar refractivity (Wildman–Crippen MR) is 141 cm³/mol. The molecule has 0 bridgehead atoms. The first-order valence-electron chi connectivity index (χ1n) is 11.9. The van der Waals surface area contributed by atoms with Crippen molar-refractivity contribution in [1.82, 2.24) is 0 Å². The van der Waals surface area contributed by atoms with Gasteiger partial charge in [-0.3, -0.25) is 40.5 Å². The minimum absolute atomic E-state index is 0.139. The third-order valence-corrected chi connectivity index (χ3v) is 6.14. The quantitative estimate of drug-likeness (QED) is 0.102. The first-order valence-corrected chi connectivity index (χ1v) is 11.9. The molecule has 0 aliphatic rings. The summed E-state index contributed by atoms with van der Waals surface area (Å²) in [5, 5.41) is 56.4. The van der Waals surface area contributed by atoms with E-state index in [4.69, 9.17) is 9.47 Å². The predicted octanol–water partition coefficient (Wildman–Crippen LogP) is 7.79. The van der Waals surface area contributed by atoms with Crippen LogP contribution in [0.25, 0.3) is 10.8 Å². The number of ether oxygens (including phenoxy) is 2. The van der Waals surface area contributed by atoms with Gasteiger partial charge in [0.25, 0.3) is 11.5 Å². The summed E-state index contributed by atoms with van der Waals surface area (Å²) in [5.41, 5.74) is -11.7. The number of nitro groups is 4. The minimum atomic E-state index is -5.34. The zero-order valence-corrected chi connectivity index (χ0v) is 22.2. The van der Waals surface area contributed by atoms with Crippen LogP contribution in [0.2, 0.25) is 0 Å². The van der Waals surface area contributed by atoms with E-state index in [1.165, 1.54) is 12.1 Å². The van der Waals surface area contributed by atoms with Crippen molar-refractivity contribution < 1.29 is 65.4 Å². The molecule has 0 aliphatic heterocycles. The van der Waals surface area contributed by atoms with Crippen molar-refractivity contribution in [3.63, 3.8) is 0 Å². The van der Waals surface area contributed by atoms with E-state index in [0.717, 1.165) is 18.2 Å². The summed E-state index contributed by atoms with van der Waals surface area (Å²) in [6.45, 7) is 0. The van der Waals surface area contributed by atoms with Crippen LogP contribution >= 0.6 is 0 Å². The van der Waals surface area contributed by atoms with E-state index >= 15 is 0 Å². The average molecular weight is 672 g/mol. The maximum atomic E-state index is 13.4. The molecule has 0 aliphatic carbocycles. The third kappa shape index (κ3) is 6.45. The number of carboxylic acid groups (broad SMARTS) is 1. The third-order valence-electron chi connectivity index (χ3n) is 6.14. The highest BCUT2D eigenvalue weighted by Crippen LogP contribution is 2.50. The maximum absolute atomic E-state index is 13.4. The van der Waals surface area contributed by atoms with Crippen molar-refractivity contribution in [3.8, 4) is 23.0 Å². The molecule has 4 rings (SSSR count). The van der Waals surface area contributed by atoms with Crippen LogP contribution in [0.3, 0.4) is 0 Å². The monoisotopic (exact) mass is 672 g/mol. The number of nitrogens with zero attached hydrogens (tertiary/aromatic N) is 4. The summed E-state index contributed by atoms with van der Waals surface area (Å²) in [5.74, 6) is -7.38. The number of aromatic carboxylic acids is 1. The molecule has 0 saturated carbocycles. The molecule has 0 aromatic heterocycles. The normalized spacial score (nSPS) is 11.6. The second-order valence-electron chi connectivity index (χ2n) is 9.02. The Morgan fingerprint density at radius 3 is 1.36 bits per heavy atom. The smallest absolute Gasteiger partial charge is 0.416 e. The summed E-state index contributed by atoms with van der Waals surface area (Å²) in [6, 6.07) is 4.95. The lowest BCUT2D eigenvalue weighted by Crippen LogP contribution is -2.10. The number of fused-ring (bicyclic) bond motifs is 1. The number of nitro benzene ring substituents is 4. The van der Waals surface area contributed by atoms with Gasteiger partial charge in [-0.1, -0.05) is 24.3 Å². The first-order chi connectivity index (χ1) is 21.7. The van der Waals surface area contributed by atoms with Crippen LogP contribution in [-0.2, 0) is 12.4 Å². The Kier molecular flexibility index (Phi) is 8.30. The lowest BCUT2D eigenvalue weighted by molar-refractivity contribution is -0.396. The first kappa shape index (κ1) is 33.3. The van der Waals surface area contributed by atoms with Crippen LogP contribution in [-0.4, -0.2) is 30.8 Å². The Hall–Kier alpha value is -6.61. The molecule has 1 N–H and O–H groups in total. The van der Waals surface area contributed by atoms with Crippen molar-refractivity contribution in [2.45, 2.75) is 12.4 Å². The topological polar surface area (TPSA) is 228 Å². The van der Waals surface area contributed by atoms with Gasteiger partial charge >= 0.3 is 41.1 Å². The lowest BCUT2D eigenvalue weighted by Gasteiger charge is -2.17. The molecular weight excluding hydrogens is 662 g/mol. The van der Waals surface area contributed by atoms with Gasteiger partial charge in [0.1, 0.15) is 11.3 Å². The molecule has 0 saturated heterocycles. The van der Waals surface area contributed by atoms with Crippen LogP contribution in [0.5, 0.6) is 23.0 Å². The van der Waals surface area contributed by atoms with Gasteiger partial charge in [-0.15, -0.1) is 0 Å². The number of benzene rings is 4. The fourth-order valence-corrected chi connectivity index (χ4v) is 4.17. The Balaban J connectivity index is 2.09. The number of carbonyl (C=O) groups is 1. The second-order valence-corrected chi connectivity index (χ2v) is 9.02. The SMILES string of the molecule is O=C(O)c1c(Oc2c([N+](=O)[O-])cc(C(F)(F)F)cc2[N+](=O)[O-])cc2ccccc2c1Oc1c([N+](=O)[O-])cc(C(F)(F)F)cc1[N+](=O)[O-]. The van der Waals surface area contributed by atoms with Gasteiger partial charge in [-0.05, 0) is 11.5 Å². The van der Waals surface area contributed by atoms with Crippen LogP contribution in [0.4, 0.5) is 49.1 Å². The Morgan fingerprint density at radius 2 is 1.00 bits per heavy atom. The number of halogens is 6.